The molecule has 3 nitrogen and oxygen atoms in total. The minimum Gasteiger partial charge on any atom is -0.379 e. The van der Waals surface area contributed by atoms with E-state index >= 15 is 0 Å². The molecule has 0 bridgehead atoms. The van der Waals surface area contributed by atoms with E-state index in [1.54, 1.807) is 0 Å². The van der Waals surface area contributed by atoms with Crippen LogP contribution in [0.15, 0.2) is 34.8 Å². The quantitative estimate of drug-likeness (QED) is 0.934. The molecule has 0 spiro atoms. The number of rotatable bonds is 4. The summed E-state index contributed by atoms with van der Waals surface area (Å²) < 4.78 is 3.12. The van der Waals surface area contributed by atoms with Crippen molar-refractivity contribution in [3.8, 4) is 0 Å². The molecule has 90 valence electrons. The number of aromatic nitrogens is 2. The van der Waals surface area contributed by atoms with Crippen molar-refractivity contribution in [2.45, 2.75) is 26.9 Å². The highest BCUT2D eigenvalue weighted by atomic mass is 79.9. The van der Waals surface area contributed by atoms with Gasteiger partial charge in [-0.3, -0.25) is 4.68 Å². The van der Waals surface area contributed by atoms with Crippen LogP contribution in [0.5, 0.6) is 0 Å². The van der Waals surface area contributed by atoms with E-state index in [-0.39, 0.29) is 0 Å². The first-order valence-electron chi connectivity index (χ1n) is 5.73. The summed E-state index contributed by atoms with van der Waals surface area (Å²) in [6, 6.07) is 10.2. The molecule has 17 heavy (non-hydrogen) atoms. The lowest BCUT2D eigenvalue weighted by Crippen LogP contribution is -2.08. The maximum Gasteiger partial charge on any atom is 0.0739 e. The lowest BCUT2D eigenvalue weighted by atomic mass is 10.3. The average molecular weight is 294 g/mol. The normalized spacial score (nSPS) is 10.5. The fraction of sp³-hybridized carbons (Fsp3) is 0.308. The second-order valence-corrected chi connectivity index (χ2v) is 4.67. The Bertz CT molecular complexity index is 491. The third-order valence-electron chi connectivity index (χ3n) is 2.69. The van der Waals surface area contributed by atoms with Crippen molar-refractivity contribution in [2.75, 3.05) is 5.32 Å². The van der Waals surface area contributed by atoms with Crippen LogP contribution in [0.4, 0.5) is 5.69 Å². The molecule has 0 saturated carbocycles. The van der Waals surface area contributed by atoms with Crippen molar-refractivity contribution < 1.29 is 0 Å². The lowest BCUT2D eigenvalue weighted by Gasteiger charge is -2.08. The highest BCUT2D eigenvalue weighted by molar-refractivity contribution is 9.10. The van der Waals surface area contributed by atoms with Crippen LogP contribution in [0.1, 0.15) is 18.3 Å². The Hall–Kier alpha value is -1.29. The summed E-state index contributed by atoms with van der Waals surface area (Å²) in [7, 11) is 0. The van der Waals surface area contributed by atoms with Gasteiger partial charge in [0.25, 0.3) is 0 Å². The maximum absolute atomic E-state index is 4.47. The monoisotopic (exact) mass is 293 g/mol. The summed E-state index contributed by atoms with van der Waals surface area (Å²) in [6.45, 7) is 5.78. The maximum atomic E-state index is 4.47. The molecule has 1 aromatic heterocycles. The predicted octanol–water partition coefficient (Wildman–Crippen LogP) is 3.59. The fourth-order valence-corrected chi connectivity index (χ4v) is 2.20. The Kier molecular flexibility index (Phi) is 3.84. The molecule has 0 radical (unpaired) electrons. The molecule has 0 fully saturated rings. The van der Waals surface area contributed by atoms with Gasteiger partial charge in [0, 0.05) is 12.2 Å². The molecule has 2 aromatic rings. The van der Waals surface area contributed by atoms with Gasteiger partial charge in [-0.2, -0.15) is 5.10 Å². The molecule has 1 heterocycles. The molecular formula is C13H16BrN3. The minimum atomic E-state index is 0.777. The van der Waals surface area contributed by atoms with Crippen LogP contribution < -0.4 is 5.32 Å². The van der Waals surface area contributed by atoms with Crippen molar-refractivity contribution >= 4 is 21.6 Å². The number of para-hydroxylation sites is 1. The molecular weight excluding hydrogens is 278 g/mol. The van der Waals surface area contributed by atoms with Crippen molar-refractivity contribution in [1.82, 2.24) is 9.78 Å². The first kappa shape index (κ1) is 12.2. The van der Waals surface area contributed by atoms with Gasteiger partial charge in [0.15, 0.2) is 0 Å². The zero-order valence-corrected chi connectivity index (χ0v) is 11.7. The zero-order valence-electron chi connectivity index (χ0n) is 10.1. The van der Waals surface area contributed by atoms with E-state index in [1.165, 1.54) is 5.69 Å². The van der Waals surface area contributed by atoms with Gasteiger partial charge < -0.3 is 5.32 Å². The smallest absolute Gasteiger partial charge is 0.0739 e. The zero-order chi connectivity index (χ0) is 12.3. The molecule has 4 heteroatoms. The SMILES string of the molecule is CCn1nc(C)c(Br)c1CNc1ccccc1. The summed E-state index contributed by atoms with van der Waals surface area (Å²) in [5.74, 6) is 0. The summed E-state index contributed by atoms with van der Waals surface area (Å²) in [5.41, 5.74) is 3.35. The summed E-state index contributed by atoms with van der Waals surface area (Å²) in [4.78, 5) is 0. The van der Waals surface area contributed by atoms with Crippen LogP contribution in [-0.4, -0.2) is 9.78 Å². The average Bonchev–Trinajstić information content (AvgIpc) is 2.64. The predicted molar refractivity (Wildman–Crippen MR) is 74.1 cm³/mol. The Morgan fingerprint density at radius 2 is 2.00 bits per heavy atom. The van der Waals surface area contributed by atoms with Crippen molar-refractivity contribution in [3.05, 3.63) is 46.2 Å². The molecule has 0 unspecified atom stereocenters. The molecule has 0 saturated heterocycles. The van der Waals surface area contributed by atoms with E-state index in [4.69, 9.17) is 0 Å². The number of nitrogens with zero attached hydrogens (tertiary/aromatic N) is 2. The van der Waals surface area contributed by atoms with Crippen LogP contribution in [0.25, 0.3) is 0 Å². The first-order chi connectivity index (χ1) is 8.22. The number of nitrogens with one attached hydrogen (secondary N) is 1. The number of hydrogen-bond donors (Lipinski definition) is 1. The molecule has 0 atom stereocenters. The summed E-state index contributed by atoms with van der Waals surface area (Å²) in [5, 5.41) is 7.87. The van der Waals surface area contributed by atoms with Gasteiger partial charge in [0.2, 0.25) is 0 Å². The lowest BCUT2D eigenvalue weighted by molar-refractivity contribution is 0.622. The van der Waals surface area contributed by atoms with Crippen LogP contribution >= 0.6 is 15.9 Å². The fourth-order valence-electron chi connectivity index (χ4n) is 1.78. The van der Waals surface area contributed by atoms with E-state index in [9.17, 15) is 0 Å². The van der Waals surface area contributed by atoms with Crippen LogP contribution in [0, 0.1) is 6.92 Å². The highest BCUT2D eigenvalue weighted by Crippen LogP contribution is 2.22. The summed E-state index contributed by atoms with van der Waals surface area (Å²) >= 11 is 3.59. The van der Waals surface area contributed by atoms with Crippen LogP contribution in [0.3, 0.4) is 0 Å². The summed E-state index contributed by atoms with van der Waals surface area (Å²) in [6.07, 6.45) is 0. The number of anilines is 1. The molecule has 0 aliphatic heterocycles. The topological polar surface area (TPSA) is 29.9 Å². The second-order valence-electron chi connectivity index (χ2n) is 3.88. The van der Waals surface area contributed by atoms with Crippen LogP contribution in [0.2, 0.25) is 0 Å². The van der Waals surface area contributed by atoms with Crippen molar-refractivity contribution in [3.63, 3.8) is 0 Å². The number of halogens is 1. The molecule has 1 N–H and O–H groups in total. The Labute approximate surface area is 110 Å². The van der Waals surface area contributed by atoms with E-state index < -0.39 is 0 Å². The Morgan fingerprint density at radius 3 is 2.65 bits per heavy atom. The van der Waals surface area contributed by atoms with Gasteiger partial charge in [-0.25, -0.2) is 0 Å². The molecule has 1 aromatic carbocycles. The molecule has 0 aliphatic rings. The second kappa shape index (κ2) is 5.36. The van der Waals surface area contributed by atoms with Gasteiger partial charge in [-0.15, -0.1) is 0 Å². The molecule has 0 aliphatic carbocycles. The number of benzene rings is 1. The third kappa shape index (κ3) is 2.69. The van der Waals surface area contributed by atoms with Gasteiger partial charge in [0.05, 0.1) is 22.4 Å². The van der Waals surface area contributed by atoms with Gasteiger partial charge in [-0.05, 0) is 41.9 Å². The van der Waals surface area contributed by atoms with Crippen LogP contribution in [-0.2, 0) is 13.1 Å². The standard InChI is InChI=1S/C13H16BrN3/c1-3-17-12(13(14)10(2)16-17)9-15-11-7-5-4-6-8-11/h4-8,15H,3,9H2,1-2H3. The van der Waals surface area contributed by atoms with Gasteiger partial charge >= 0.3 is 0 Å². The van der Waals surface area contributed by atoms with Gasteiger partial charge in [-0.1, -0.05) is 18.2 Å². The number of hydrogen-bond acceptors (Lipinski definition) is 2. The van der Waals surface area contributed by atoms with E-state index in [2.05, 4.69) is 45.4 Å². The molecule has 0 amide bonds. The van der Waals surface area contributed by atoms with Gasteiger partial charge in [0.1, 0.15) is 0 Å². The van der Waals surface area contributed by atoms with E-state index in [1.807, 2.05) is 29.8 Å². The first-order valence-corrected chi connectivity index (χ1v) is 6.52. The van der Waals surface area contributed by atoms with E-state index in [0.29, 0.717) is 0 Å². The molecule has 2 rings (SSSR count). The largest absolute Gasteiger partial charge is 0.379 e. The number of aryl methyl sites for hydroxylation is 2. The third-order valence-corrected chi connectivity index (χ3v) is 3.72. The van der Waals surface area contributed by atoms with Crippen molar-refractivity contribution in [2.24, 2.45) is 0 Å². The Morgan fingerprint density at radius 1 is 1.29 bits per heavy atom. The van der Waals surface area contributed by atoms with E-state index in [0.717, 1.165) is 28.9 Å². The van der Waals surface area contributed by atoms with Crippen molar-refractivity contribution in [1.29, 1.82) is 0 Å². The highest BCUT2D eigenvalue weighted by Gasteiger charge is 2.11. The Balaban J connectivity index is 2.14. The minimum absolute atomic E-state index is 0.777.